The molecular formula is C16H16O3S. The van der Waals surface area contributed by atoms with Crippen LogP contribution in [-0.2, 0) is 0 Å². The number of hydrogen-bond acceptors (Lipinski definition) is 4. The summed E-state index contributed by atoms with van der Waals surface area (Å²) >= 11 is 1.61. The molecule has 1 aromatic heterocycles. The van der Waals surface area contributed by atoms with Crippen LogP contribution in [0.2, 0.25) is 0 Å². The normalized spacial score (nSPS) is 10.8. The third-order valence-electron chi connectivity index (χ3n) is 2.96. The van der Waals surface area contributed by atoms with Crippen molar-refractivity contribution < 1.29 is 14.3 Å². The molecule has 0 atom stereocenters. The van der Waals surface area contributed by atoms with E-state index < -0.39 is 0 Å². The maximum Gasteiger partial charge on any atom is 0.189 e. The average molecular weight is 288 g/mol. The minimum absolute atomic E-state index is 0.0858. The van der Waals surface area contributed by atoms with Crippen LogP contribution in [0.15, 0.2) is 35.7 Å². The lowest BCUT2D eigenvalue weighted by atomic mass is 10.1. The van der Waals surface area contributed by atoms with Gasteiger partial charge in [-0.2, -0.15) is 0 Å². The van der Waals surface area contributed by atoms with E-state index in [1.807, 2.05) is 24.4 Å². The van der Waals surface area contributed by atoms with Gasteiger partial charge < -0.3 is 9.47 Å². The number of carbonyl (C=O) groups excluding carboxylic acids is 1. The molecule has 0 bridgehead atoms. The summed E-state index contributed by atoms with van der Waals surface area (Å²) < 4.78 is 10.4. The second kappa shape index (κ2) is 6.39. The van der Waals surface area contributed by atoms with Crippen molar-refractivity contribution in [1.82, 2.24) is 0 Å². The zero-order valence-corrected chi connectivity index (χ0v) is 12.5. The molecule has 4 heteroatoms. The fraction of sp³-hybridized carbons (Fsp3) is 0.188. The summed E-state index contributed by atoms with van der Waals surface area (Å²) in [7, 11) is 3.12. The molecule has 2 aromatic rings. The Morgan fingerprint density at radius 2 is 2.00 bits per heavy atom. The Morgan fingerprint density at radius 3 is 2.60 bits per heavy atom. The predicted molar refractivity (Wildman–Crippen MR) is 82.0 cm³/mol. The number of thiophene rings is 1. The Labute approximate surface area is 122 Å². The first kappa shape index (κ1) is 14.3. The van der Waals surface area contributed by atoms with Crippen LogP contribution in [0.25, 0.3) is 6.08 Å². The van der Waals surface area contributed by atoms with Crippen molar-refractivity contribution in [2.75, 3.05) is 14.2 Å². The second-order valence-corrected chi connectivity index (χ2v) is 5.18. The Hall–Kier alpha value is -2.07. The van der Waals surface area contributed by atoms with E-state index in [9.17, 15) is 4.79 Å². The van der Waals surface area contributed by atoms with Crippen LogP contribution in [0.1, 0.15) is 20.8 Å². The molecule has 0 unspecified atom stereocenters. The monoisotopic (exact) mass is 288 g/mol. The zero-order valence-electron chi connectivity index (χ0n) is 11.7. The number of ether oxygens (including phenoxy) is 2. The minimum Gasteiger partial charge on any atom is -0.497 e. The van der Waals surface area contributed by atoms with Gasteiger partial charge >= 0.3 is 0 Å². The molecule has 0 saturated heterocycles. The van der Waals surface area contributed by atoms with Gasteiger partial charge in [-0.05, 0) is 48.2 Å². The maximum atomic E-state index is 12.2. The summed E-state index contributed by atoms with van der Waals surface area (Å²) in [6.45, 7) is 2.02. The maximum absolute atomic E-state index is 12.2. The fourth-order valence-electron chi connectivity index (χ4n) is 1.80. The van der Waals surface area contributed by atoms with E-state index in [-0.39, 0.29) is 5.78 Å². The molecule has 104 valence electrons. The highest BCUT2D eigenvalue weighted by Crippen LogP contribution is 2.25. The summed E-state index contributed by atoms with van der Waals surface area (Å²) in [5, 5.41) is 2.01. The van der Waals surface area contributed by atoms with E-state index in [1.165, 1.54) is 5.56 Å². The molecule has 0 saturated carbocycles. The van der Waals surface area contributed by atoms with Crippen molar-refractivity contribution in [1.29, 1.82) is 0 Å². The van der Waals surface area contributed by atoms with Crippen LogP contribution in [0.5, 0.6) is 11.5 Å². The summed E-state index contributed by atoms with van der Waals surface area (Å²) in [5.74, 6) is 1.09. The largest absolute Gasteiger partial charge is 0.497 e. The van der Waals surface area contributed by atoms with Crippen LogP contribution in [0.4, 0.5) is 0 Å². The Morgan fingerprint density at radius 1 is 1.20 bits per heavy atom. The SMILES string of the molecule is COc1ccc(C(=O)C=Cc2sccc2C)c(OC)c1. The summed E-state index contributed by atoms with van der Waals surface area (Å²) in [5.41, 5.74) is 1.69. The quantitative estimate of drug-likeness (QED) is 0.617. The molecule has 0 spiro atoms. The van der Waals surface area contributed by atoms with E-state index in [1.54, 1.807) is 49.8 Å². The summed E-state index contributed by atoms with van der Waals surface area (Å²) in [6.07, 6.45) is 3.41. The van der Waals surface area contributed by atoms with E-state index in [0.717, 1.165) is 4.88 Å². The van der Waals surface area contributed by atoms with Crippen molar-refractivity contribution in [2.24, 2.45) is 0 Å². The number of benzene rings is 1. The zero-order chi connectivity index (χ0) is 14.5. The number of ketones is 1. The van der Waals surface area contributed by atoms with Crippen molar-refractivity contribution in [3.63, 3.8) is 0 Å². The molecule has 1 aromatic carbocycles. The molecule has 2 rings (SSSR count). The van der Waals surface area contributed by atoms with Gasteiger partial charge in [-0.3, -0.25) is 4.79 Å². The Bertz CT molecular complexity index is 641. The lowest BCUT2D eigenvalue weighted by Gasteiger charge is -2.07. The first-order valence-corrected chi connectivity index (χ1v) is 7.02. The molecule has 1 heterocycles. The number of methoxy groups -OCH3 is 2. The van der Waals surface area contributed by atoms with E-state index >= 15 is 0 Å². The van der Waals surface area contributed by atoms with Gasteiger partial charge in [0.1, 0.15) is 11.5 Å². The van der Waals surface area contributed by atoms with Crippen LogP contribution in [0, 0.1) is 6.92 Å². The number of aryl methyl sites for hydroxylation is 1. The van der Waals surface area contributed by atoms with Gasteiger partial charge in [0.2, 0.25) is 0 Å². The van der Waals surface area contributed by atoms with Gasteiger partial charge in [-0.25, -0.2) is 0 Å². The third-order valence-corrected chi connectivity index (χ3v) is 3.95. The highest BCUT2D eigenvalue weighted by atomic mass is 32.1. The molecule has 0 N–H and O–H groups in total. The highest BCUT2D eigenvalue weighted by Gasteiger charge is 2.11. The van der Waals surface area contributed by atoms with Crippen LogP contribution < -0.4 is 9.47 Å². The molecule has 0 amide bonds. The van der Waals surface area contributed by atoms with Crippen LogP contribution >= 0.6 is 11.3 Å². The standard InChI is InChI=1S/C16H16O3S/c1-11-8-9-20-16(11)7-6-14(17)13-5-4-12(18-2)10-15(13)19-3/h4-10H,1-3H3. The molecule has 0 aliphatic carbocycles. The lowest BCUT2D eigenvalue weighted by Crippen LogP contribution is -1.99. The Balaban J connectivity index is 2.25. The number of allylic oxidation sites excluding steroid dienone is 1. The molecule has 0 radical (unpaired) electrons. The number of carbonyl (C=O) groups is 1. The topological polar surface area (TPSA) is 35.5 Å². The van der Waals surface area contributed by atoms with Gasteiger partial charge in [0.05, 0.1) is 19.8 Å². The Kier molecular flexibility index (Phi) is 4.58. The smallest absolute Gasteiger partial charge is 0.189 e. The third kappa shape index (κ3) is 3.08. The van der Waals surface area contributed by atoms with Crippen molar-refractivity contribution in [3.8, 4) is 11.5 Å². The molecule has 0 fully saturated rings. The predicted octanol–water partition coefficient (Wildman–Crippen LogP) is 3.97. The average Bonchev–Trinajstić information content (AvgIpc) is 2.89. The van der Waals surface area contributed by atoms with E-state index in [4.69, 9.17) is 9.47 Å². The minimum atomic E-state index is -0.0858. The van der Waals surface area contributed by atoms with Crippen molar-refractivity contribution in [2.45, 2.75) is 6.92 Å². The molecule has 0 aliphatic heterocycles. The van der Waals surface area contributed by atoms with Crippen LogP contribution in [0.3, 0.4) is 0 Å². The van der Waals surface area contributed by atoms with Gasteiger partial charge in [-0.1, -0.05) is 0 Å². The molecular weight excluding hydrogens is 272 g/mol. The summed E-state index contributed by atoms with van der Waals surface area (Å²) in [4.78, 5) is 13.3. The molecule has 20 heavy (non-hydrogen) atoms. The first-order chi connectivity index (χ1) is 9.65. The molecule has 0 aliphatic rings. The van der Waals surface area contributed by atoms with Crippen molar-refractivity contribution in [3.05, 3.63) is 51.7 Å². The second-order valence-electron chi connectivity index (χ2n) is 4.23. The molecule has 3 nitrogen and oxygen atoms in total. The van der Waals surface area contributed by atoms with Gasteiger partial charge in [-0.15, -0.1) is 11.3 Å². The van der Waals surface area contributed by atoms with Crippen molar-refractivity contribution >= 4 is 23.2 Å². The number of rotatable bonds is 5. The lowest BCUT2D eigenvalue weighted by molar-refractivity contribution is 0.104. The first-order valence-electron chi connectivity index (χ1n) is 6.14. The fourth-order valence-corrected chi connectivity index (χ4v) is 2.62. The number of hydrogen-bond donors (Lipinski definition) is 0. The summed E-state index contributed by atoms with van der Waals surface area (Å²) in [6, 6.07) is 7.20. The highest BCUT2D eigenvalue weighted by molar-refractivity contribution is 7.11. The van der Waals surface area contributed by atoms with Gasteiger partial charge in [0.25, 0.3) is 0 Å². The van der Waals surface area contributed by atoms with Gasteiger partial charge in [0.15, 0.2) is 5.78 Å². The van der Waals surface area contributed by atoms with E-state index in [0.29, 0.717) is 17.1 Å². The van der Waals surface area contributed by atoms with Crippen LogP contribution in [-0.4, -0.2) is 20.0 Å². The van der Waals surface area contributed by atoms with E-state index in [2.05, 4.69) is 0 Å². The van der Waals surface area contributed by atoms with Gasteiger partial charge in [0, 0.05) is 10.9 Å².